The number of nitro groups is 1. The highest BCUT2D eigenvalue weighted by Crippen LogP contribution is 2.45. The van der Waals surface area contributed by atoms with Crippen molar-refractivity contribution in [3.63, 3.8) is 0 Å². The van der Waals surface area contributed by atoms with E-state index in [1.54, 1.807) is 24.3 Å². The Morgan fingerprint density at radius 1 is 1.09 bits per heavy atom. The van der Waals surface area contributed by atoms with Crippen molar-refractivity contribution in [3.8, 4) is 6.07 Å². The first-order valence-electron chi connectivity index (χ1n) is 10.2. The number of thioether (sulfide) groups is 1. The summed E-state index contributed by atoms with van der Waals surface area (Å²) < 4.78 is 0. The van der Waals surface area contributed by atoms with Gasteiger partial charge in [-0.05, 0) is 35.9 Å². The zero-order valence-electron chi connectivity index (χ0n) is 17.6. The number of nitro benzene ring substituents is 1. The number of hydrogen-bond donors (Lipinski definition) is 1. The summed E-state index contributed by atoms with van der Waals surface area (Å²) in [6.07, 6.45) is 0. The van der Waals surface area contributed by atoms with Crippen molar-refractivity contribution < 1.29 is 9.72 Å². The van der Waals surface area contributed by atoms with Gasteiger partial charge in [0.2, 0.25) is 0 Å². The lowest BCUT2D eigenvalue weighted by atomic mass is 9.79. The quantitative estimate of drug-likeness (QED) is 0.216. The van der Waals surface area contributed by atoms with E-state index in [1.807, 2.05) is 30.3 Å². The van der Waals surface area contributed by atoms with Crippen LogP contribution in [0.4, 0.5) is 11.4 Å². The van der Waals surface area contributed by atoms with Crippen LogP contribution < -0.4 is 5.32 Å². The summed E-state index contributed by atoms with van der Waals surface area (Å²) in [5.41, 5.74) is 2.00. The second-order valence-corrected chi connectivity index (χ2v) is 9.43. The lowest BCUT2D eigenvalue weighted by Gasteiger charge is -2.32. The average molecular weight is 510 g/mol. The van der Waals surface area contributed by atoms with E-state index in [0.717, 1.165) is 5.69 Å². The second-order valence-electron chi connectivity index (χ2n) is 7.56. The number of halogens is 2. The Kier molecular flexibility index (Phi) is 7.23. The molecule has 1 N–H and O–H groups in total. The van der Waals surface area contributed by atoms with Crippen molar-refractivity contribution in [2.75, 3.05) is 11.1 Å². The molecule has 6 nitrogen and oxygen atoms in total. The lowest BCUT2D eigenvalue weighted by molar-refractivity contribution is -0.384. The fourth-order valence-electron chi connectivity index (χ4n) is 3.82. The van der Waals surface area contributed by atoms with Gasteiger partial charge in [-0.15, -0.1) is 11.8 Å². The van der Waals surface area contributed by atoms with Gasteiger partial charge in [0.25, 0.3) is 5.69 Å². The maximum Gasteiger partial charge on any atom is 0.269 e. The molecule has 0 fully saturated rings. The van der Waals surface area contributed by atoms with Crippen molar-refractivity contribution >= 4 is 52.1 Å². The number of nitrogens with one attached hydrogen (secondary N) is 1. The summed E-state index contributed by atoms with van der Waals surface area (Å²) in [6.45, 7) is 0. The standard InChI is InChI=1S/C25H17Cl2N3O3S/c26-17-8-11-20(21(27)12-17)24(31)23-22(15-6-9-19(10-7-15)30(32)33)16(13-28)14-34-25(23)29-18-4-2-1-3-5-18/h1-12,16,22,29H,14H2/t16-,22+/m1/s1. The molecule has 4 rings (SSSR count). The second kappa shape index (κ2) is 10.3. The Labute approximate surface area is 210 Å². The largest absolute Gasteiger partial charge is 0.350 e. The number of hydrogen-bond acceptors (Lipinski definition) is 6. The molecule has 34 heavy (non-hydrogen) atoms. The molecule has 2 atom stereocenters. The van der Waals surface area contributed by atoms with Gasteiger partial charge in [0.05, 0.1) is 27.0 Å². The molecule has 0 unspecified atom stereocenters. The smallest absolute Gasteiger partial charge is 0.269 e. The van der Waals surface area contributed by atoms with Gasteiger partial charge >= 0.3 is 0 Å². The molecule has 0 radical (unpaired) electrons. The molecular formula is C25H17Cl2N3O3S. The van der Waals surface area contributed by atoms with Gasteiger partial charge in [-0.1, -0.05) is 53.5 Å². The van der Waals surface area contributed by atoms with E-state index >= 15 is 0 Å². The van der Waals surface area contributed by atoms with Crippen LogP contribution in [0.5, 0.6) is 0 Å². The van der Waals surface area contributed by atoms with Crippen LogP contribution in [0.1, 0.15) is 21.8 Å². The van der Waals surface area contributed by atoms with Crippen molar-refractivity contribution in [1.29, 1.82) is 5.26 Å². The van der Waals surface area contributed by atoms with Crippen LogP contribution in [0.3, 0.4) is 0 Å². The number of anilines is 1. The highest BCUT2D eigenvalue weighted by Gasteiger charge is 2.38. The Balaban J connectivity index is 1.89. The number of benzene rings is 3. The van der Waals surface area contributed by atoms with Gasteiger partial charge in [-0.2, -0.15) is 5.26 Å². The molecule has 0 aromatic heterocycles. The van der Waals surface area contributed by atoms with Crippen LogP contribution in [-0.2, 0) is 0 Å². The molecule has 0 spiro atoms. The van der Waals surface area contributed by atoms with Crippen LogP contribution in [0.2, 0.25) is 10.0 Å². The first-order chi connectivity index (χ1) is 16.4. The van der Waals surface area contributed by atoms with Gasteiger partial charge in [0, 0.05) is 45.7 Å². The van der Waals surface area contributed by atoms with E-state index in [4.69, 9.17) is 23.2 Å². The Hall–Kier alpha value is -3.31. The number of carbonyl (C=O) groups is 1. The van der Waals surface area contributed by atoms with E-state index in [2.05, 4.69) is 11.4 Å². The normalized spacial score (nSPS) is 17.7. The summed E-state index contributed by atoms with van der Waals surface area (Å²) in [6, 6.07) is 22.3. The van der Waals surface area contributed by atoms with Gasteiger partial charge in [-0.25, -0.2) is 0 Å². The zero-order chi connectivity index (χ0) is 24.2. The van der Waals surface area contributed by atoms with E-state index in [0.29, 0.717) is 26.9 Å². The molecule has 170 valence electrons. The summed E-state index contributed by atoms with van der Waals surface area (Å²) in [7, 11) is 0. The van der Waals surface area contributed by atoms with E-state index < -0.39 is 16.8 Å². The van der Waals surface area contributed by atoms with Crippen LogP contribution in [0.15, 0.2) is 83.4 Å². The summed E-state index contributed by atoms with van der Waals surface area (Å²) >= 11 is 13.8. The molecule has 0 aliphatic carbocycles. The predicted molar refractivity (Wildman–Crippen MR) is 135 cm³/mol. The van der Waals surface area contributed by atoms with Gasteiger partial charge < -0.3 is 5.32 Å². The van der Waals surface area contributed by atoms with E-state index in [9.17, 15) is 20.2 Å². The van der Waals surface area contributed by atoms with Crippen molar-refractivity contribution in [2.45, 2.75) is 5.92 Å². The molecular weight excluding hydrogens is 493 g/mol. The summed E-state index contributed by atoms with van der Waals surface area (Å²) in [5.74, 6) is -1.04. The number of nitrogens with zero attached hydrogens (tertiary/aromatic N) is 2. The lowest BCUT2D eigenvalue weighted by Crippen LogP contribution is -2.28. The molecule has 0 saturated carbocycles. The average Bonchev–Trinajstić information content (AvgIpc) is 2.84. The first kappa shape index (κ1) is 23.8. The molecule has 0 bridgehead atoms. The third-order valence-electron chi connectivity index (χ3n) is 5.45. The monoisotopic (exact) mass is 509 g/mol. The van der Waals surface area contributed by atoms with E-state index in [-0.39, 0.29) is 22.1 Å². The molecule has 0 saturated heterocycles. The maximum atomic E-state index is 13.9. The number of rotatable bonds is 6. The molecule has 1 aliphatic heterocycles. The first-order valence-corrected chi connectivity index (χ1v) is 12.0. The number of nitriles is 1. The molecule has 9 heteroatoms. The Morgan fingerprint density at radius 3 is 2.41 bits per heavy atom. The number of para-hydroxylation sites is 1. The molecule has 1 aliphatic rings. The minimum Gasteiger partial charge on any atom is -0.350 e. The summed E-state index contributed by atoms with van der Waals surface area (Å²) in [5, 5.41) is 25.6. The van der Waals surface area contributed by atoms with Gasteiger partial charge in [0.1, 0.15) is 0 Å². The Morgan fingerprint density at radius 2 is 1.79 bits per heavy atom. The van der Waals surface area contributed by atoms with Crippen molar-refractivity contribution in [3.05, 3.63) is 115 Å². The molecule has 1 heterocycles. The number of Topliss-reactive ketones (excluding diaryl/α,β-unsaturated/α-hetero) is 1. The number of non-ortho nitro benzene ring substituents is 1. The number of allylic oxidation sites excluding steroid dienone is 1. The summed E-state index contributed by atoms with van der Waals surface area (Å²) in [4.78, 5) is 24.5. The zero-order valence-corrected chi connectivity index (χ0v) is 19.9. The molecule has 0 amide bonds. The van der Waals surface area contributed by atoms with Gasteiger partial charge in [-0.3, -0.25) is 14.9 Å². The highest BCUT2D eigenvalue weighted by atomic mass is 35.5. The number of carbonyl (C=O) groups excluding carboxylic acids is 1. The van der Waals surface area contributed by atoms with Crippen molar-refractivity contribution in [1.82, 2.24) is 0 Å². The van der Waals surface area contributed by atoms with E-state index in [1.165, 1.54) is 30.0 Å². The van der Waals surface area contributed by atoms with Crippen LogP contribution in [0, 0.1) is 27.4 Å². The highest BCUT2D eigenvalue weighted by molar-refractivity contribution is 8.03. The topological polar surface area (TPSA) is 96.0 Å². The fourth-order valence-corrected chi connectivity index (χ4v) is 5.50. The van der Waals surface area contributed by atoms with Crippen LogP contribution >= 0.6 is 35.0 Å². The predicted octanol–water partition coefficient (Wildman–Crippen LogP) is 7.08. The minimum absolute atomic E-state index is 0.0670. The minimum atomic E-state index is -0.613. The SMILES string of the molecule is N#C[C@@H]1CSC(Nc2ccccc2)=C(C(=O)c2ccc(Cl)cc2Cl)[C@H]1c1ccc([N+](=O)[O-])cc1. The third-order valence-corrected chi connectivity index (χ3v) is 7.13. The maximum absolute atomic E-state index is 13.9. The number of ketones is 1. The Bertz CT molecular complexity index is 1320. The molecule has 3 aromatic carbocycles. The van der Waals surface area contributed by atoms with Crippen LogP contribution in [0.25, 0.3) is 0 Å². The fraction of sp³-hybridized carbons (Fsp3) is 0.120. The van der Waals surface area contributed by atoms with Crippen molar-refractivity contribution in [2.24, 2.45) is 5.92 Å². The third kappa shape index (κ3) is 4.95. The van der Waals surface area contributed by atoms with Crippen LogP contribution in [-0.4, -0.2) is 16.5 Å². The van der Waals surface area contributed by atoms with Gasteiger partial charge in [0.15, 0.2) is 5.78 Å². The molecule has 3 aromatic rings.